The molecule has 0 saturated carbocycles. The maximum atomic E-state index is 12.7. The molecular weight excluding hydrogens is 302 g/mol. The van der Waals surface area contributed by atoms with E-state index in [2.05, 4.69) is 10.1 Å². The maximum Gasteiger partial charge on any atom is 0.258 e. The summed E-state index contributed by atoms with van der Waals surface area (Å²) in [6.45, 7) is 4.72. The molecule has 7 nitrogen and oxygen atoms in total. The van der Waals surface area contributed by atoms with E-state index in [0.717, 1.165) is 5.69 Å². The predicted octanol–water partition coefficient (Wildman–Crippen LogP) is 0.982. The standard InChI is InChI=1S/C14H17N5O2S/c1-9-12(10(2)17(3)16-9)13(21)18-5-6-19(11(20)8-18)14-15-4-7-22-14/h4,7H,5-6,8H2,1-3H3. The second kappa shape index (κ2) is 5.53. The summed E-state index contributed by atoms with van der Waals surface area (Å²) < 4.78 is 1.69. The number of carbonyl (C=O) groups is 2. The largest absolute Gasteiger partial charge is 0.327 e. The van der Waals surface area contributed by atoms with Crippen LogP contribution in [0.2, 0.25) is 0 Å². The SMILES string of the molecule is Cc1nn(C)c(C)c1C(=O)N1CCN(c2nccs2)C(=O)C1. The first kappa shape index (κ1) is 14.7. The van der Waals surface area contributed by atoms with Crippen molar-refractivity contribution in [1.82, 2.24) is 19.7 Å². The van der Waals surface area contributed by atoms with Gasteiger partial charge in [-0.3, -0.25) is 19.2 Å². The average Bonchev–Trinajstić information content (AvgIpc) is 3.08. The van der Waals surface area contributed by atoms with Gasteiger partial charge in [-0.2, -0.15) is 5.10 Å². The van der Waals surface area contributed by atoms with Crippen LogP contribution in [0.1, 0.15) is 21.7 Å². The second-order valence-corrected chi connectivity index (χ2v) is 6.13. The van der Waals surface area contributed by atoms with Crippen LogP contribution >= 0.6 is 11.3 Å². The Hall–Kier alpha value is -2.22. The fourth-order valence-corrected chi connectivity index (χ4v) is 3.32. The van der Waals surface area contributed by atoms with Gasteiger partial charge in [-0.25, -0.2) is 4.98 Å². The van der Waals surface area contributed by atoms with E-state index in [-0.39, 0.29) is 18.4 Å². The third-order valence-electron chi connectivity index (χ3n) is 3.88. The van der Waals surface area contributed by atoms with Crippen LogP contribution in [0, 0.1) is 13.8 Å². The topological polar surface area (TPSA) is 71.3 Å². The molecule has 1 fully saturated rings. The molecule has 0 unspecified atom stereocenters. The fraction of sp³-hybridized carbons (Fsp3) is 0.429. The number of hydrogen-bond donors (Lipinski definition) is 0. The summed E-state index contributed by atoms with van der Waals surface area (Å²) >= 11 is 1.42. The molecule has 2 aromatic rings. The summed E-state index contributed by atoms with van der Waals surface area (Å²) in [5.41, 5.74) is 2.11. The average molecular weight is 319 g/mol. The lowest BCUT2D eigenvalue weighted by Crippen LogP contribution is -2.52. The summed E-state index contributed by atoms with van der Waals surface area (Å²) in [6.07, 6.45) is 1.67. The lowest BCUT2D eigenvalue weighted by Gasteiger charge is -2.32. The fourth-order valence-electron chi connectivity index (χ4n) is 2.64. The van der Waals surface area contributed by atoms with Gasteiger partial charge >= 0.3 is 0 Å². The van der Waals surface area contributed by atoms with E-state index in [0.29, 0.717) is 29.5 Å². The first-order valence-electron chi connectivity index (χ1n) is 6.98. The van der Waals surface area contributed by atoms with Crippen LogP contribution in [-0.2, 0) is 11.8 Å². The molecule has 22 heavy (non-hydrogen) atoms. The minimum atomic E-state index is -0.129. The zero-order chi connectivity index (χ0) is 15.9. The highest BCUT2D eigenvalue weighted by Crippen LogP contribution is 2.21. The Morgan fingerprint density at radius 2 is 2.09 bits per heavy atom. The lowest BCUT2D eigenvalue weighted by atomic mass is 10.1. The van der Waals surface area contributed by atoms with E-state index < -0.39 is 0 Å². The van der Waals surface area contributed by atoms with Crippen molar-refractivity contribution in [2.75, 3.05) is 24.5 Å². The molecule has 1 aliphatic rings. The molecule has 0 atom stereocenters. The zero-order valence-corrected chi connectivity index (χ0v) is 13.6. The van der Waals surface area contributed by atoms with Gasteiger partial charge in [-0.05, 0) is 13.8 Å². The predicted molar refractivity (Wildman–Crippen MR) is 83.1 cm³/mol. The third-order valence-corrected chi connectivity index (χ3v) is 4.68. The molecule has 0 aromatic carbocycles. The van der Waals surface area contributed by atoms with Crippen LogP contribution in [0.4, 0.5) is 5.13 Å². The van der Waals surface area contributed by atoms with Gasteiger partial charge in [0.15, 0.2) is 5.13 Å². The number of carbonyl (C=O) groups excluding carboxylic acids is 2. The van der Waals surface area contributed by atoms with Crippen molar-refractivity contribution < 1.29 is 9.59 Å². The molecule has 0 radical (unpaired) electrons. The van der Waals surface area contributed by atoms with E-state index in [1.165, 1.54) is 11.3 Å². The van der Waals surface area contributed by atoms with Crippen LogP contribution in [0.15, 0.2) is 11.6 Å². The van der Waals surface area contributed by atoms with Crippen LogP contribution < -0.4 is 4.90 Å². The Balaban J connectivity index is 1.78. The highest BCUT2D eigenvalue weighted by Gasteiger charge is 2.31. The normalized spacial score (nSPS) is 15.5. The Morgan fingerprint density at radius 1 is 1.32 bits per heavy atom. The number of piperazine rings is 1. The van der Waals surface area contributed by atoms with Crippen molar-refractivity contribution in [2.24, 2.45) is 7.05 Å². The Morgan fingerprint density at radius 3 is 2.64 bits per heavy atom. The molecule has 0 bridgehead atoms. The highest BCUT2D eigenvalue weighted by molar-refractivity contribution is 7.13. The molecule has 2 aromatic heterocycles. The van der Waals surface area contributed by atoms with Crippen LogP contribution in [0.5, 0.6) is 0 Å². The number of nitrogens with zero attached hydrogens (tertiary/aromatic N) is 5. The summed E-state index contributed by atoms with van der Waals surface area (Å²) in [4.78, 5) is 32.4. The zero-order valence-electron chi connectivity index (χ0n) is 12.7. The molecule has 1 aliphatic heterocycles. The van der Waals surface area contributed by atoms with Gasteiger partial charge in [-0.15, -0.1) is 11.3 Å². The first-order chi connectivity index (χ1) is 10.5. The van der Waals surface area contributed by atoms with Crippen molar-refractivity contribution in [3.63, 3.8) is 0 Å². The summed E-state index contributed by atoms with van der Waals surface area (Å²) in [6, 6.07) is 0. The van der Waals surface area contributed by atoms with Gasteiger partial charge in [0.25, 0.3) is 5.91 Å². The molecule has 3 heterocycles. The molecule has 3 rings (SSSR count). The number of rotatable bonds is 2. The number of aryl methyl sites for hydroxylation is 2. The van der Waals surface area contributed by atoms with Crippen molar-refractivity contribution in [1.29, 1.82) is 0 Å². The van der Waals surface area contributed by atoms with Crippen molar-refractivity contribution >= 4 is 28.3 Å². The Kier molecular flexibility index (Phi) is 3.69. The Bertz CT molecular complexity index is 722. The van der Waals surface area contributed by atoms with Gasteiger partial charge in [-0.1, -0.05) is 0 Å². The van der Waals surface area contributed by atoms with Gasteiger partial charge in [0.2, 0.25) is 5.91 Å². The number of anilines is 1. The number of hydrogen-bond acceptors (Lipinski definition) is 5. The molecule has 0 aliphatic carbocycles. The number of amides is 2. The summed E-state index contributed by atoms with van der Waals surface area (Å²) in [5.74, 6) is -0.232. The molecule has 0 N–H and O–H groups in total. The molecular formula is C14H17N5O2S. The van der Waals surface area contributed by atoms with Crippen LogP contribution in [0.25, 0.3) is 0 Å². The molecule has 0 spiro atoms. The van der Waals surface area contributed by atoms with E-state index >= 15 is 0 Å². The van der Waals surface area contributed by atoms with E-state index in [9.17, 15) is 9.59 Å². The van der Waals surface area contributed by atoms with Gasteiger partial charge in [0.05, 0.1) is 11.3 Å². The van der Waals surface area contributed by atoms with E-state index in [4.69, 9.17) is 0 Å². The minimum Gasteiger partial charge on any atom is -0.327 e. The van der Waals surface area contributed by atoms with Crippen LogP contribution in [0.3, 0.4) is 0 Å². The van der Waals surface area contributed by atoms with Crippen molar-refractivity contribution in [3.05, 3.63) is 28.5 Å². The molecule has 8 heteroatoms. The monoisotopic (exact) mass is 319 g/mol. The first-order valence-corrected chi connectivity index (χ1v) is 7.86. The number of aromatic nitrogens is 3. The molecule has 1 saturated heterocycles. The van der Waals surface area contributed by atoms with Crippen molar-refractivity contribution in [3.8, 4) is 0 Å². The lowest BCUT2D eigenvalue weighted by molar-refractivity contribution is -0.120. The van der Waals surface area contributed by atoms with Gasteiger partial charge in [0.1, 0.15) is 6.54 Å². The highest BCUT2D eigenvalue weighted by atomic mass is 32.1. The van der Waals surface area contributed by atoms with Crippen LogP contribution in [-0.4, -0.2) is 51.1 Å². The minimum absolute atomic E-state index is 0.0756. The second-order valence-electron chi connectivity index (χ2n) is 5.26. The van der Waals surface area contributed by atoms with Gasteiger partial charge in [0, 0.05) is 37.4 Å². The molecule has 2 amide bonds. The van der Waals surface area contributed by atoms with E-state index in [1.54, 1.807) is 20.7 Å². The maximum absolute atomic E-state index is 12.7. The van der Waals surface area contributed by atoms with E-state index in [1.807, 2.05) is 26.3 Å². The quantitative estimate of drug-likeness (QED) is 0.827. The van der Waals surface area contributed by atoms with Gasteiger partial charge < -0.3 is 4.90 Å². The smallest absolute Gasteiger partial charge is 0.258 e. The number of thiazole rings is 1. The summed E-state index contributed by atoms with van der Waals surface area (Å²) in [7, 11) is 1.81. The summed E-state index contributed by atoms with van der Waals surface area (Å²) in [5, 5.41) is 6.79. The molecule has 116 valence electrons. The Labute approximate surface area is 132 Å². The van der Waals surface area contributed by atoms with Crippen molar-refractivity contribution in [2.45, 2.75) is 13.8 Å². The third kappa shape index (κ3) is 2.39.